The number of hydrogen-bond acceptors (Lipinski definition) is 3. The van der Waals surface area contributed by atoms with Gasteiger partial charge in [0.25, 0.3) is 0 Å². The molecule has 0 saturated carbocycles. The van der Waals surface area contributed by atoms with E-state index in [1.807, 2.05) is 31.3 Å². The minimum absolute atomic E-state index is 0.543. The van der Waals surface area contributed by atoms with Crippen LogP contribution in [0.4, 0.5) is 0 Å². The summed E-state index contributed by atoms with van der Waals surface area (Å²) in [4.78, 5) is 10.2. The predicted molar refractivity (Wildman–Crippen MR) is 64.2 cm³/mol. The number of aryl methyl sites for hydroxylation is 1. The average Bonchev–Trinajstić information content (AvgIpc) is 2.66. The Hall–Kier alpha value is -1.22. The van der Waals surface area contributed by atoms with Gasteiger partial charge in [0.2, 0.25) is 0 Å². The van der Waals surface area contributed by atoms with Gasteiger partial charge in [-0.15, -0.1) is 11.3 Å². The number of nitrogens with zero attached hydrogens (tertiary/aromatic N) is 2. The van der Waals surface area contributed by atoms with Crippen LogP contribution in [0.5, 0.6) is 0 Å². The molecule has 0 bridgehead atoms. The molecule has 0 aromatic carbocycles. The van der Waals surface area contributed by atoms with E-state index < -0.39 is 0 Å². The van der Waals surface area contributed by atoms with E-state index in [2.05, 4.69) is 23.8 Å². The molecule has 2 heterocycles. The van der Waals surface area contributed by atoms with Gasteiger partial charge in [-0.3, -0.25) is 4.98 Å². The molecule has 15 heavy (non-hydrogen) atoms. The lowest BCUT2D eigenvalue weighted by Crippen LogP contribution is -1.84. The highest BCUT2D eigenvalue weighted by Gasteiger charge is 2.08. The molecule has 2 rings (SSSR count). The quantitative estimate of drug-likeness (QED) is 0.769. The molecule has 78 valence electrons. The van der Waals surface area contributed by atoms with Crippen molar-refractivity contribution in [3.05, 3.63) is 35.0 Å². The van der Waals surface area contributed by atoms with Gasteiger partial charge in [-0.25, -0.2) is 4.98 Å². The summed E-state index contributed by atoms with van der Waals surface area (Å²) in [6.45, 7) is 6.36. The van der Waals surface area contributed by atoms with Gasteiger partial charge in [-0.2, -0.15) is 0 Å². The van der Waals surface area contributed by atoms with Crippen LogP contribution in [0.15, 0.2) is 24.4 Å². The van der Waals surface area contributed by atoms with Crippen LogP contribution in [-0.2, 0) is 0 Å². The monoisotopic (exact) mass is 218 g/mol. The Morgan fingerprint density at radius 3 is 2.67 bits per heavy atom. The highest BCUT2D eigenvalue weighted by Crippen LogP contribution is 2.28. The van der Waals surface area contributed by atoms with Crippen molar-refractivity contribution in [1.29, 1.82) is 0 Å². The summed E-state index contributed by atoms with van der Waals surface area (Å²) < 4.78 is 0. The molecular formula is C12H14N2S. The van der Waals surface area contributed by atoms with E-state index >= 15 is 0 Å². The van der Waals surface area contributed by atoms with Crippen molar-refractivity contribution in [2.45, 2.75) is 26.7 Å². The molecule has 0 amide bonds. The predicted octanol–water partition coefficient (Wildman–Crippen LogP) is 3.64. The molecule has 0 saturated heterocycles. The topological polar surface area (TPSA) is 25.8 Å². The fraction of sp³-hybridized carbons (Fsp3) is 0.333. The third-order valence-electron chi connectivity index (χ3n) is 2.20. The van der Waals surface area contributed by atoms with E-state index in [4.69, 9.17) is 0 Å². The van der Waals surface area contributed by atoms with E-state index in [-0.39, 0.29) is 0 Å². The molecule has 2 aromatic rings. The molecular weight excluding hydrogens is 204 g/mol. The van der Waals surface area contributed by atoms with Crippen LogP contribution in [0.25, 0.3) is 10.7 Å². The standard InChI is InChI=1S/C12H14N2S/c1-8(2)11-7-13-12(15-11)10-6-4-5-9(3)14-10/h4-8H,1-3H3. The summed E-state index contributed by atoms with van der Waals surface area (Å²) in [5.74, 6) is 0.543. The van der Waals surface area contributed by atoms with E-state index in [0.29, 0.717) is 5.92 Å². The Morgan fingerprint density at radius 1 is 1.27 bits per heavy atom. The zero-order valence-electron chi connectivity index (χ0n) is 9.19. The van der Waals surface area contributed by atoms with Crippen molar-refractivity contribution in [2.24, 2.45) is 0 Å². The minimum atomic E-state index is 0.543. The van der Waals surface area contributed by atoms with Gasteiger partial charge in [0.05, 0.1) is 5.69 Å². The molecule has 0 unspecified atom stereocenters. The Balaban J connectivity index is 2.37. The zero-order chi connectivity index (χ0) is 10.8. The summed E-state index contributed by atoms with van der Waals surface area (Å²) in [5, 5.41) is 1.02. The maximum absolute atomic E-state index is 4.46. The van der Waals surface area contributed by atoms with Crippen molar-refractivity contribution < 1.29 is 0 Å². The number of pyridine rings is 1. The second-order valence-electron chi connectivity index (χ2n) is 3.89. The van der Waals surface area contributed by atoms with E-state index in [1.54, 1.807) is 11.3 Å². The van der Waals surface area contributed by atoms with Crippen molar-refractivity contribution in [3.63, 3.8) is 0 Å². The Morgan fingerprint density at radius 2 is 2.07 bits per heavy atom. The first-order chi connectivity index (χ1) is 7.16. The molecule has 2 aromatic heterocycles. The summed E-state index contributed by atoms with van der Waals surface area (Å²) in [6.07, 6.45) is 1.95. The summed E-state index contributed by atoms with van der Waals surface area (Å²) in [5.41, 5.74) is 2.01. The van der Waals surface area contributed by atoms with Crippen LogP contribution in [0, 0.1) is 6.92 Å². The molecule has 0 aliphatic heterocycles. The molecule has 0 aliphatic carbocycles. The zero-order valence-corrected chi connectivity index (χ0v) is 10.0. The van der Waals surface area contributed by atoms with Crippen LogP contribution in [0.1, 0.15) is 30.3 Å². The highest BCUT2D eigenvalue weighted by atomic mass is 32.1. The van der Waals surface area contributed by atoms with Crippen LogP contribution in [0.2, 0.25) is 0 Å². The molecule has 3 heteroatoms. The fourth-order valence-corrected chi connectivity index (χ4v) is 2.22. The second-order valence-corrected chi connectivity index (χ2v) is 4.95. The van der Waals surface area contributed by atoms with Crippen LogP contribution in [-0.4, -0.2) is 9.97 Å². The molecule has 2 nitrogen and oxygen atoms in total. The fourth-order valence-electron chi connectivity index (χ4n) is 1.33. The first-order valence-corrected chi connectivity index (χ1v) is 5.88. The van der Waals surface area contributed by atoms with Crippen molar-refractivity contribution in [2.75, 3.05) is 0 Å². The normalized spacial score (nSPS) is 10.9. The van der Waals surface area contributed by atoms with Gasteiger partial charge in [-0.1, -0.05) is 19.9 Å². The van der Waals surface area contributed by atoms with E-state index in [1.165, 1.54) is 4.88 Å². The van der Waals surface area contributed by atoms with Crippen molar-refractivity contribution in [3.8, 4) is 10.7 Å². The average molecular weight is 218 g/mol. The third-order valence-corrected chi connectivity index (χ3v) is 3.52. The van der Waals surface area contributed by atoms with Gasteiger partial charge in [0.1, 0.15) is 5.01 Å². The van der Waals surface area contributed by atoms with Gasteiger partial charge in [-0.05, 0) is 25.0 Å². The lowest BCUT2D eigenvalue weighted by molar-refractivity contribution is 0.885. The summed E-state index contributed by atoms with van der Waals surface area (Å²) in [7, 11) is 0. The van der Waals surface area contributed by atoms with Crippen LogP contribution >= 0.6 is 11.3 Å². The Kier molecular flexibility index (Phi) is 2.82. The molecule has 0 radical (unpaired) electrons. The van der Waals surface area contributed by atoms with Crippen molar-refractivity contribution >= 4 is 11.3 Å². The Bertz CT molecular complexity index is 460. The Labute approximate surface area is 94.0 Å². The molecule has 0 aliphatic rings. The number of hydrogen-bond donors (Lipinski definition) is 0. The molecule has 0 fully saturated rings. The smallest absolute Gasteiger partial charge is 0.142 e. The highest BCUT2D eigenvalue weighted by molar-refractivity contribution is 7.15. The summed E-state index contributed by atoms with van der Waals surface area (Å²) >= 11 is 1.73. The van der Waals surface area contributed by atoms with Crippen LogP contribution in [0.3, 0.4) is 0 Å². The first-order valence-electron chi connectivity index (χ1n) is 5.06. The maximum atomic E-state index is 4.46. The van der Waals surface area contributed by atoms with Gasteiger partial charge < -0.3 is 0 Å². The van der Waals surface area contributed by atoms with E-state index in [9.17, 15) is 0 Å². The SMILES string of the molecule is Cc1cccc(-c2ncc(C(C)C)s2)n1. The van der Waals surface area contributed by atoms with Crippen molar-refractivity contribution in [1.82, 2.24) is 9.97 Å². The van der Waals surface area contributed by atoms with E-state index in [0.717, 1.165) is 16.4 Å². The lowest BCUT2D eigenvalue weighted by Gasteiger charge is -1.98. The molecule has 0 N–H and O–H groups in total. The second kappa shape index (κ2) is 4.11. The molecule has 0 spiro atoms. The van der Waals surface area contributed by atoms with Crippen LogP contribution < -0.4 is 0 Å². The maximum Gasteiger partial charge on any atom is 0.142 e. The minimum Gasteiger partial charge on any atom is -0.251 e. The lowest BCUT2D eigenvalue weighted by atomic mass is 10.2. The largest absolute Gasteiger partial charge is 0.251 e. The van der Waals surface area contributed by atoms with Gasteiger partial charge in [0, 0.05) is 16.8 Å². The number of rotatable bonds is 2. The van der Waals surface area contributed by atoms with Gasteiger partial charge in [0.15, 0.2) is 0 Å². The number of aromatic nitrogens is 2. The molecule has 0 atom stereocenters. The third kappa shape index (κ3) is 2.23. The van der Waals surface area contributed by atoms with Gasteiger partial charge >= 0.3 is 0 Å². The number of thiazole rings is 1. The first kappa shape index (κ1) is 10.3. The summed E-state index contributed by atoms with van der Waals surface area (Å²) in [6, 6.07) is 6.03.